The van der Waals surface area contributed by atoms with Crippen LogP contribution < -0.4 is 10.6 Å². The molecule has 0 spiro atoms. The van der Waals surface area contributed by atoms with Crippen molar-refractivity contribution in [2.75, 3.05) is 10.6 Å². The van der Waals surface area contributed by atoms with Crippen molar-refractivity contribution in [2.24, 2.45) is 0 Å². The molecule has 4 aromatic rings. The number of urea groups is 1. The number of anilines is 3. The zero-order chi connectivity index (χ0) is 22.6. The van der Waals surface area contributed by atoms with E-state index in [0.29, 0.717) is 18.1 Å². The van der Waals surface area contributed by atoms with Gasteiger partial charge in [0.05, 0.1) is 5.52 Å². The molecule has 0 radical (unpaired) electrons. The molecule has 1 aliphatic rings. The maximum absolute atomic E-state index is 13.1. The van der Waals surface area contributed by atoms with Crippen molar-refractivity contribution >= 4 is 34.1 Å². The van der Waals surface area contributed by atoms with Crippen LogP contribution in [0.25, 0.3) is 10.9 Å². The Balaban J connectivity index is 1.38. The second-order valence-corrected chi connectivity index (χ2v) is 8.08. The summed E-state index contributed by atoms with van der Waals surface area (Å²) in [5.74, 6) is 3.28. The van der Waals surface area contributed by atoms with Gasteiger partial charge in [0.1, 0.15) is 12.1 Å². The first-order valence-electron chi connectivity index (χ1n) is 10.9. The smallest absolute Gasteiger partial charge is 0.322 e. The Hall–Kier alpha value is -4.37. The molecule has 3 aromatic carbocycles. The molecule has 5 rings (SSSR count). The molecular formula is C27H23N5O. The third-order valence-electron chi connectivity index (χ3n) is 5.62. The maximum Gasteiger partial charge on any atom is 0.322 e. The predicted molar refractivity (Wildman–Crippen MR) is 131 cm³/mol. The van der Waals surface area contributed by atoms with Gasteiger partial charge in [-0.1, -0.05) is 42.3 Å². The van der Waals surface area contributed by atoms with E-state index in [1.54, 1.807) is 0 Å². The standard InChI is InChI=1S/C27H23N5O/c1-2-19-9-6-10-21(15-19)30-26-24-16-22(11-14-25(24)28-18-29-26)31-27(33)32(23-12-13-23)17-20-7-4-3-5-8-20/h1,3-11,14-16,18,23H,12-13,17H2,(H,31,33)(H,28,29,30). The van der Waals surface area contributed by atoms with Gasteiger partial charge in [-0.3, -0.25) is 0 Å². The van der Waals surface area contributed by atoms with Crippen molar-refractivity contribution in [3.63, 3.8) is 0 Å². The fourth-order valence-electron chi connectivity index (χ4n) is 3.79. The van der Waals surface area contributed by atoms with Gasteiger partial charge in [-0.25, -0.2) is 14.8 Å². The van der Waals surface area contributed by atoms with Crippen molar-refractivity contribution in [1.29, 1.82) is 0 Å². The minimum Gasteiger partial charge on any atom is -0.340 e. The SMILES string of the molecule is C#Cc1cccc(Nc2ncnc3ccc(NC(=O)N(Cc4ccccc4)C4CC4)cc23)c1. The molecule has 0 bridgehead atoms. The number of hydrogen-bond acceptors (Lipinski definition) is 4. The van der Waals surface area contributed by atoms with Crippen molar-refractivity contribution in [3.8, 4) is 12.3 Å². The molecule has 33 heavy (non-hydrogen) atoms. The summed E-state index contributed by atoms with van der Waals surface area (Å²) < 4.78 is 0. The molecule has 162 valence electrons. The normalized spacial score (nSPS) is 12.7. The van der Waals surface area contributed by atoms with Gasteiger partial charge in [-0.05, 0) is 54.8 Å². The lowest BCUT2D eigenvalue weighted by atomic mass is 10.2. The number of rotatable bonds is 6. The van der Waals surface area contributed by atoms with Gasteiger partial charge in [-0.2, -0.15) is 0 Å². The maximum atomic E-state index is 13.1. The van der Waals surface area contributed by atoms with Crippen LogP contribution in [0.4, 0.5) is 22.0 Å². The Labute approximate surface area is 192 Å². The predicted octanol–water partition coefficient (Wildman–Crippen LogP) is 5.55. The van der Waals surface area contributed by atoms with Gasteiger partial charge in [0.2, 0.25) is 0 Å². The lowest BCUT2D eigenvalue weighted by molar-refractivity contribution is 0.206. The van der Waals surface area contributed by atoms with Crippen molar-refractivity contribution in [2.45, 2.75) is 25.4 Å². The van der Waals surface area contributed by atoms with E-state index < -0.39 is 0 Å². The summed E-state index contributed by atoms with van der Waals surface area (Å²) in [7, 11) is 0. The fraction of sp³-hybridized carbons (Fsp3) is 0.148. The largest absolute Gasteiger partial charge is 0.340 e. The average molecular weight is 434 g/mol. The second kappa shape index (κ2) is 9.01. The van der Waals surface area contributed by atoms with Crippen LogP contribution in [0.15, 0.2) is 79.1 Å². The van der Waals surface area contributed by atoms with Gasteiger partial charge in [0.15, 0.2) is 0 Å². The number of fused-ring (bicyclic) bond motifs is 1. The summed E-state index contributed by atoms with van der Waals surface area (Å²) in [5, 5.41) is 7.19. The Kier molecular flexibility index (Phi) is 5.61. The highest BCUT2D eigenvalue weighted by Crippen LogP contribution is 2.30. The Morgan fingerprint density at radius 3 is 2.64 bits per heavy atom. The van der Waals surface area contributed by atoms with Gasteiger partial charge < -0.3 is 15.5 Å². The monoisotopic (exact) mass is 433 g/mol. The number of hydrogen-bond donors (Lipinski definition) is 2. The van der Waals surface area contributed by atoms with Crippen LogP contribution in [0.2, 0.25) is 0 Å². The Morgan fingerprint density at radius 2 is 1.85 bits per heavy atom. The first-order valence-corrected chi connectivity index (χ1v) is 10.9. The van der Waals surface area contributed by atoms with Gasteiger partial charge >= 0.3 is 6.03 Å². The molecule has 0 unspecified atom stereocenters. The van der Waals surface area contributed by atoms with Crippen molar-refractivity contribution in [1.82, 2.24) is 14.9 Å². The quantitative estimate of drug-likeness (QED) is 0.391. The molecule has 1 aliphatic carbocycles. The van der Waals surface area contributed by atoms with E-state index in [2.05, 4.69) is 26.5 Å². The first-order chi connectivity index (χ1) is 16.2. The lowest BCUT2D eigenvalue weighted by Gasteiger charge is -2.23. The fourth-order valence-corrected chi connectivity index (χ4v) is 3.79. The topological polar surface area (TPSA) is 70.1 Å². The van der Waals surface area contributed by atoms with Crippen LogP contribution in [0.5, 0.6) is 0 Å². The van der Waals surface area contributed by atoms with Crippen molar-refractivity contribution < 1.29 is 4.79 Å². The molecule has 0 atom stereocenters. The molecule has 1 saturated carbocycles. The van der Waals surface area contributed by atoms with Crippen LogP contribution in [0.3, 0.4) is 0 Å². The minimum absolute atomic E-state index is 0.103. The van der Waals surface area contributed by atoms with Gasteiger partial charge in [0, 0.05) is 34.9 Å². The zero-order valence-electron chi connectivity index (χ0n) is 18.0. The molecule has 0 aliphatic heterocycles. The third kappa shape index (κ3) is 4.78. The van der Waals surface area contributed by atoms with Crippen LogP contribution in [0.1, 0.15) is 24.0 Å². The molecule has 1 fully saturated rings. The lowest BCUT2D eigenvalue weighted by Crippen LogP contribution is -2.36. The molecule has 6 heteroatoms. The number of aromatic nitrogens is 2. The summed E-state index contributed by atoms with van der Waals surface area (Å²) in [4.78, 5) is 23.8. The highest BCUT2D eigenvalue weighted by atomic mass is 16.2. The summed E-state index contributed by atoms with van der Waals surface area (Å²) >= 11 is 0. The van der Waals surface area contributed by atoms with Crippen LogP contribution in [-0.2, 0) is 6.54 Å². The van der Waals surface area contributed by atoms with E-state index in [0.717, 1.165) is 40.6 Å². The number of terminal acetylenes is 1. The highest BCUT2D eigenvalue weighted by Gasteiger charge is 2.32. The van der Waals surface area contributed by atoms with Crippen LogP contribution >= 0.6 is 0 Å². The molecule has 2 amide bonds. The summed E-state index contributed by atoms with van der Waals surface area (Å²) in [5.41, 5.74) is 4.21. The minimum atomic E-state index is -0.103. The Morgan fingerprint density at radius 1 is 1.00 bits per heavy atom. The Bertz CT molecular complexity index is 1340. The van der Waals surface area contributed by atoms with Crippen LogP contribution in [0, 0.1) is 12.3 Å². The van der Waals surface area contributed by atoms with E-state index in [1.807, 2.05) is 77.7 Å². The third-order valence-corrected chi connectivity index (χ3v) is 5.62. The molecule has 1 aromatic heterocycles. The molecule has 0 saturated heterocycles. The van der Waals surface area contributed by atoms with E-state index in [1.165, 1.54) is 6.33 Å². The van der Waals surface area contributed by atoms with Gasteiger partial charge in [-0.15, -0.1) is 6.42 Å². The number of carbonyl (C=O) groups is 1. The zero-order valence-corrected chi connectivity index (χ0v) is 18.0. The highest BCUT2D eigenvalue weighted by molar-refractivity contribution is 5.97. The van der Waals surface area contributed by atoms with E-state index in [4.69, 9.17) is 6.42 Å². The van der Waals surface area contributed by atoms with Crippen LogP contribution in [-0.4, -0.2) is 26.9 Å². The average Bonchev–Trinajstić information content (AvgIpc) is 3.69. The summed E-state index contributed by atoms with van der Waals surface area (Å²) in [6.07, 6.45) is 9.11. The number of nitrogens with zero attached hydrogens (tertiary/aromatic N) is 3. The van der Waals surface area contributed by atoms with Gasteiger partial charge in [0.25, 0.3) is 0 Å². The molecular weight excluding hydrogens is 410 g/mol. The summed E-state index contributed by atoms with van der Waals surface area (Å²) in [6, 6.07) is 23.5. The number of benzene rings is 3. The van der Waals surface area contributed by atoms with E-state index >= 15 is 0 Å². The number of amides is 2. The molecule has 6 nitrogen and oxygen atoms in total. The van der Waals surface area contributed by atoms with Crippen molar-refractivity contribution in [3.05, 3.63) is 90.3 Å². The van der Waals surface area contributed by atoms with E-state index in [-0.39, 0.29) is 12.1 Å². The second-order valence-electron chi connectivity index (χ2n) is 8.08. The number of nitrogens with one attached hydrogen (secondary N) is 2. The molecule has 2 N–H and O–H groups in total. The summed E-state index contributed by atoms with van der Waals surface area (Å²) in [6.45, 7) is 0.590. The number of carbonyl (C=O) groups excluding carboxylic acids is 1. The first kappa shape index (κ1) is 20.5. The molecule has 1 heterocycles. The van der Waals surface area contributed by atoms with E-state index in [9.17, 15) is 4.79 Å².